The Morgan fingerprint density at radius 3 is 2.18 bits per heavy atom. The number of nitrogen functional groups attached to an aromatic ring is 1. The zero-order chi connectivity index (χ0) is 50.0. The van der Waals surface area contributed by atoms with Gasteiger partial charge < -0.3 is 49.4 Å². The number of anilines is 1. The van der Waals surface area contributed by atoms with E-state index in [1.54, 1.807) is 0 Å². The van der Waals surface area contributed by atoms with Crippen LogP contribution in [0.3, 0.4) is 0 Å². The molecule has 4 heterocycles. The first-order valence-electron chi connectivity index (χ1n) is 23.1. The minimum atomic E-state index is -5.84. The summed E-state index contributed by atoms with van der Waals surface area (Å²) < 4.78 is 60.9. The van der Waals surface area contributed by atoms with Crippen molar-refractivity contribution in [3.05, 3.63) is 65.8 Å². The molecule has 24 nitrogen and oxygen atoms in total. The summed E-state index contributed by atoms with van der Waals surface area (Å²) in [4.78, 5) is 79.2. The number of hydrogen-bond acceptors (Lipinski definition) is 17. The third-order valence-corrected chi connectivity index (χ3v) is 13.5. The highest BCUT2D eigenvalue weighted by molar-refractivity contribution is 7.47. The summed E-state index contributed by atoms with van der Waals surface area (Å²) in [5.74, 6) is 1.83. The predicted octanol–water partition coefficient (Wildman–Crippen LogP) is 4.29. The highest BCUT2D eigenvalue weighted by atomic mass is 31.2. The van der Waals surface area contributed by atoms with Gasteiger partial charge in [0.2, 0.25) is 0 Å². The number of aliphatic hydroxyl groups is 2. The molecule has 0 aromatic carbocycles. The number of aromatic nitrogens is 4. The summed E-state index contributed by atoms with van der Waals surface area (Å²) in [7, 11) is -11.1. The monoisotopic (exact) mass is 1000 g/mol. The number of aryl methyl sites for hydroxylation is 1. The molecule has 0 saturated carbocycles. The number of nitrogens with one attached hydrogen (secondary N) is 1. The van der Waals surface area contributed by atoms with Crippen LogP contribution in [-0.4, -0.2) is 101 Å². The van der Waals surface area contributed by atoms with Crippen molar-refractivity contribution in [3.8, 4) is 12.3 Å². The van der Waals surface area contributed by atoms with E-state index in [0.717, 1.165) is 47.4 Å². The Bertz CT molecular complexity index is 2280. The summed E-state index contributed by atoms with van der Waals surface area (Å²) in [6.45, 7) is 0.830. The summed E-state index contributed by atoms with van der Waals surface area (Å²) in [5.41, 5.74) is 7.21. The van der Waals surface area contributed by atoms with E-state index in [4.69, 9.17) is 39.9 Å². The minimum Gasteiger partial charge on any atom is -0.756 e. The fourth-order valence-electron chi connectivity index (χ4n) is 8.24. The molecule has 2 aliphatic heterocycles. The maximum atomic E-state index is 13.5. The zero-order valence-corrected chi connectivity index (χ0v) is 40.5. The molecule has 2 saturated heterocycles. The highest BCUT2D eigenvalue weighted by Crippen LogP contribution is 2.50. The number of H-pyrrole nitrogens is 1. The van der Waals surface area contributed by atoms with E-state index in [2.05, 4.69) is 26.9 Å². The molecule has 2 aliphatic rings. The maximum Gasteiger partial charge on any atom is 0.472 e. The fourth-order valence-corrected chi connectivity index (χ4v) is 9.72. The number of phosphoric ester groups is 2. The number of phosphoric acid groups is 2. The van der Waals surface area contributed by atoms with Gasteiger partial charge in [-0.1, -0.05) is 114 Å². The van der Waals surface area contributed by atoms with Gasteiger partial charge in [-0.25, -0.2) is 14.2 Å². The largest absolute Gasteiger partial charge is 0.756 e. The normalized spacial score (nSPS) is 25.3. The lowest BCUT2D eigenvalue weighted by atomic mass is 9.85. The molecule has 7 N–H and O–H groups in total. The molecule has 10 unspecified atom stereocenters. The predicted molar refractivity (Wildman–Crippen MR) is 244 cm³/mol. The van der Waals surface area contributed by atoms with Gasteiger partial charge in [0.1, 0.15) is 29.9 Å². The Balaban J connectivity index is 1.44. The molecule has 26 heteroatoms. The van der Waals surface area contributed by atoms with Crippen LogP contribution < -0.4 is 27.6 Å². The van der Waals surface area contributed by atoms with E-state index >= 15 is 0 Å². The molecule has 0 spiro atoms. The number of aliphatic hydroxyl groups excluding tert-OH is 1. The van der Waals surface area contributed by atoms with Gasteiger partial charge in [-0.15, -0.1) is 6.42 Å². The zero-order valence-electron chi connectivity index (χ0n) is 38.7. The molecular weight excluding hydrogens is 934 g/mol. The number of terminal acetylenes is 1. The molecule has 2 aromatic rings. The third kappa shape index (κ3) is 17.3. The van der Waals surface area contributed by atoms with Crippen LogP contribution in [-0.2, 0) is 36.9 Å². The highest BCUT2D eigenvalue weighted by Gasteiger charge is 2.58. The first kappa shape index (κ1) is 56.8. The van der Waals surface area contributed by atoms with E-state index in [9.17, 15) is 53.9 Å². The second kappa shape index (κ2) is 27.0. The lowest BCUT2D eigenvalue weighted by Crippen LogP contribution is -2.53. The van der Waals surface area contributed by atoms with Crippen LogP contribution in [0.15, 0.2) is 38.0 Å². The van der Waals surface area contributed by atoms with Gasteiger partial charge in [0.05, 0.1) is 32.0 Å². The van der Waals surface area contributed by atoms with Crippen LogP contribution in [0.5, 0.6) is 0 Å². The second-order valence-electron chi connectivity index (χ2n) is 17.4. The van der Waals surface area contributed by atoms with Crippen molar-refractivity contribution in [3.63, 3.8) is 0 Å². The SMILES string of the molecule is C#CC1(O)C(CC(COCCCCCCCCCCCCCCCCCC)(COP(=O)(O)OCC2OC(n3cc(C)c(=O)[nH]c3=O)CC2N=[N+]=[N-])OP(=O)([O-])O)OC(n2ccc(N)nc2=O)C1O. The topological polar surface area (TPSA) is 358 Å². The number of ether oxygens (including phenoxy) is 3. The summed E-state index contributed by atoms with van der Waals surface area (Å²) in [6.07, 6.45) is 17.0. The van der Waals surface area contributed by atoms with Crippen molar-refractivity contribution < 1.29 is 61.8 Å². The molecule has 382 valence electrons. The molecule has 10 atom stereocenters. The van der Waals surface area contributed by atoms with Gasteiger partial charge in [-0.05, 0) is 24.9 Å². The molecule has 68 heavy (non-hydrogen) atoms. The number of hydrogen-bond donors (Lipinski definition) is 6. The number of azide groups is 1. The molecule has 2 fully saturated rings. The molecule has 0 aliphatic carbocycles. The summed E-state index contributed by atoms with van der Waals surface area (Å²) in [5, 5.41) is 26.5. The Kier molecular flexibility index (Phi) is 22.6. The average Bonchev–Trinajstić information content (AvgIpc) is 3.79. The second-order valence-corrected chi connectivity index (χ2v) is 20.0. The van der Waals surface area contributed by atoms with Crippen molar-refractivity contribution in [2.24, 2.45) is 5.11 Å². The van der Waals surface area contributed by atoms with Gasteiger partial charge in [-0.3, -0.25) is 32.5 Å². The van der Waals surface area contributed by atoms with Crippen LogP contribution in [0.2, 0.25) is 0 Å². The van der Waals surface area contributed by atoms with E-state index in [1.165, 1.54) is 83.4 Å². The van der Waals surface area contributed by atoms with Crippen molar-refractivity contribution in [1.82, 2.24) is 19.1 Å². The fraction of sp³-hybridized carbons (Fsp3) is 0.762. The van der Waals surface area contributed by atoms with E-state index < -0.39 is 107 Å². The Morgan fingerprint density at radius 1 is 1.01 bits per heavy atom. The minimum absolute atomic E-state index is 0.00695. The van der Waals surface area contributed by atoms with Gasteiger partial charge in [-0.2, -0.15) is 4.98 Å². The van der Waals surface area contributed by atoms with Crippen LogP contribution >= 0.6 is 15.6 Å². The van der Waals surface area contributed by atoms with Crippen LogP contribution in [0, 0.1) is 19.3 Å². The Hall–Kier alpha value is -3.75. The van der Waals surface area contributed by atoms with Crippen molar-refractivity contribution in [1.29, 1.82) is 0 Å². The van der Waals surface area contributed by atoms with Gasteiger partial charge in [0.25, 0.3) is 13.4 Å². The van der Waals surface area contributed by atoms with Crippen molar-refractivity contribution in [2.75, 3.05) is 32.2 Å². The average molecular weight is 1000 g/mol. The lowest BCUT2D eigenvalue weighted by Gasteiger charge is -2.39. The molecule has 4 rings (SSSR count). The van der Waals surface area contributed by atoms with Gasteiger partial charge in [0, 0.05) is 42.3 Å². The molecule has 0 radical (unpaired) electrons. The Morgan fingerprint density at radius 2 is 1.62 bits per heavy atom. The van der Waals surface area contributed by atoms with Crippen LogP contribution in [0.4, 0.5) is 5.82 Å². The first-order valence-corrected chi connectivity index (χ1v) is 26.1. The number of nitrogens with zero attached hydrogens (tertiary/aromatic N) is 6. The van der Waals surface area contributed by atoms with E-state index in [0.29, 0.717) is 6.42 Å². The Labute approximate surface area is 394 Å². The van der Waals surface area contributed by atoms with Crippen molar-refractivity contribution in [2.45, 2.75) is 177 Å². The number of aromatic amines is 1. The van der Waals surface area contributed by atoms with Crippen molar-refractivity contribution >= 4 is 21.5 Å². The number of nitrogens with two attached hydrogens (primary N) is 1. The summed E-state index contributed by atoms with van der Waals surface area (Å²) in [6, 6.07) is 0.136. The van der Waals surface area contributed by atoms with Gasteiger partial charge >= 0.3 is 19.2 Å². The number of rotatable bonds is 32. The molecule has 0 amide bonds. The molecular formula is C42H67N8O16P2-. The van der Waals surface area contributed by atoms with E-state index in [-0.39, 0.29) is 24.4 Å². The quantitative estimate of drug-likeness (QED) is 0.0149. The molecule has 2 aromatic heterocycles. The maximum absolute atomic E-state index is 13.5. The van der Waals surface area contributed by atoms with Gasteiger partial charge in [0.15, 0.2) is 11.8 Å². The number of unbranched alkanes of at least 4 members (excludes halogenated alkanes) is 15. The standard InChI is InChI=1S/C42H68N8O16P2/c1-4-6-7-8-9-10-11-12-13-14-15-16-17-18-19-20-23-61-28-41(66-67(56,57)58,25-33-42(55,5-2)36(51)38(65-33)49-22-21-34(43)45-39(49)53)29-63-68(59,60)62-27-32-31(47-48-44)24-35(64-32)50-26-30(3)37(52)46-40(50)54/h2,21-22,26,31-33,35-36,38,51,55H,4,6-20,23-25,27-29H2,1,3H3,(H,59,60)(H2,43,45,53)(H,46,52,54)(H2,56,57,58)/p-1. The summed E-state index contributed by atoms with van der Waals surface area (Å²) >= 11 is 0. The first-order chi connectivity index (χ1) is 32.3. The molecule has 0 bridgehead atoms. The third-order valence-electron chi connectivity index (χ3n) is 12.0. The lowest BCUT2D eigenvalue weighted by molar-refractivity contribution is -0.241. The smallest absolute Gasteiger partial charge is 0.472 e. The van der Waals surface area contributed by atoms with Crippen LogP contribution in [0.1, 0.15) is 141 Å². The van der Waals surface area contributed by atoms with Crippen LogP contribution in [0.25, 0.3) is 10.4 Å². The van der Waals surface area contributed by atoms with E-state index in [1.807, 2.05) is 5.92 Å².